The largest absolute Gasteiger partial charge is 0.369 e. The monoisotopic (exact) mass is 326 g/mol. The summed E-state index contributed by atoms with van der Waals surface area (Å²) in [6.45, 7) is 1.59. The van der Waals surface area contributed by atoms with E-state index < -0.39 is 17.5 Å². The van der Waals surface area contributed by atoms with Gasteiger partial charge in [-0.3, -0.25) is 0 Å². The van der Waals surface area contributed by atoms with Gasteiger partial charge in [0.05, 0.1) is 11.9 Å². The Kier molecular flexibility index (Phi) is 5.69. The first-order chi connectivity index (χ1) is 11.0. The molecule has 9 heteroatoms. The second-order valence-electron chi connectivity index (χ2n) is 5.10. The highest BCUT2D eigenvalue weighted by Gasteiger charge is 2.14. The van der Waals surface area contributed by atoms with Gasteiger partial charge in [0.25, 0.3) is 0 Å². The van der Waals surface area contributed by atoms with Crippen LogP contribution in [0.4, 0.5) is 30.6 Å². The SMILES string of the molecule is CN(C)CCCNc1cnnc(Nc2ccc(F)c(F)c2F)n1. The molecule has 0 fully saturated rings. The van der Waals surface area contributed by atoms with Crippen molar-refractivity contribution in [2.45, 2.75) is 6.42 Å². The van der Waals surface area contributed by atoms with Crippen molar-refractivity contribution < 1.29 is 13.2 Å². The van der Waals surface area contributed by atoms with Crippen LogP contribution in [0, 0.1) is 17.5 Å². The summed E-state index contributed by atoms with van der Waals surface area (Å²) in [4.78, 5) is 6.14. The first-order valence-corrected chi connectivity index (χ1v) is 6.96. The van der Waals surface area contributed by atoms with Crippen molar-refractivity contribution in [3.05, 3.63) is 35.8 Å². The maximum absolute atomic E-state index is 13.6. The molecule has 0 atom stereocenters. The molecule has 23 heavy (non-hydrogen) atoms. The molecular weight excluding hydrogens is 309 g/mol. The standard InChI is InChI=1S/C14H17F3N6/c1-23(2)7-3-6-18-11-8-19-22-14(21-11)20-10-5-4-9(15)12(16)13(10)17/h4-5,8H,3,6-7H2,1-2H3,(H2,18,20,21,22). The average Bonchev–Trinajstić information content (AvgIpc) is 2.52. The van der Waals surface area contributed by atoms with Gasteiger partial charge in [0.15, 0.2) is 23.3 Å². The maximum Gasteiger partial charge on any atom is 0.249 e. The van der Waals surface area contributed by atoms with Crippen molar-refractivity contribution in [3.8, 4) is 0 Å². The van der Waals surface area contributed by atoms with E-state index in [0.29, 0.717) is 12.4 Å². The van der Waals surface area contributed by atoms with Crippen LogP contribution < -0.4 is 10.6 Å². The Balaban J connectivity index is 2.01. The summed E-state index contributed by atoms with van der Waals surface area (Å²) in [6, 6.07) is 1.88. The van der Waals surface area contributed by atoms with E-state index in [9.17, 15) is 13.2 Å². The highest BCUT2D eigenvalue weighted by Crippen LogP contribution is 2.22. The van der Waals surface area contributed by atoms with Crippen LogP contribution in [0.1, 0.15) is 6.42 Å². The number of hydrogen-bond donors (Lipinski definition) is 2. The van der Waals surface area contributed by atoms with Crippen LogP contribution in [-0.2, 0) is 0 Å². The fourth-order valence-electron chi connectivity index (χ4n) is 1.80. The Morgan fingerprint density at radius 2 is 1.91 bits per heavy atom. The number of benzene rings is 1. The molecule has 0 aliphatic heterocycles. The molecule has 0 radical (unpaired) electrons. The van der Waals surface area contributed by atoms with E-state index in [0.717, 1.165) is 25.1 Å². The van der Waals surface area contributed by atoms with Crippen molar-refractivity contribution in [2.24, 2.45) is 0 Å². The Morgan fingerprint density at radius 1 is 1.13 bits per heavy atom. The lowest BCUT2D eigenvalue weighted by Gasteiger charge is -2.11. The maximum atomic E-state index is 13.6. The highest BCUT2D eigenvalue weighted by atomic mass is 19.2. The smallest absolute Gasteiger partial charge is 0.249 e. The van der Waals surface area contributed by atoms with Crippen LogP contribution in [0.5, 0.6) is 0 Å². The molecule has 0 amide bonds. The van der Waals surface area contributed by atoms with Gasteiger partial charge in [-0.05, 0) is 39.2 Å². The van der Waals surface area contributed by atoms with E-state index in [2.05, 4.69) is 30.7 Å². The van der Waals surface area contributed by atoms with Gasteiger partial charge in [-0.15, -0.1) is 5.10 Å². The lowest BCUT2D eigenvalue weighted by atomic mass is 10.3. The number of aromatic nitrogens is 3. The average molecular weight is 326 g/mol. The molecule has 0 unspecified atom stereocenters. The van der Waals surface area contributed by atoms with Gasteiger partial charge >= 0.3 is 0 Å². The first kappa shape index (κ1) is 16.9. The van der Waals surface area contributed by atoms with E-state index in [1.54, 1.807) is 0 Å². The number of nitrogens with one attached hydrogen (secondary N) is 2. The molecule has 0 aliphatic rings. The Hall–Kier alpha value is -2.42. The fourth-order valence-corrected chi connectivity index (χ4v) is 1.80. The Bertz CT molecular complexity index is 665. The number of rotatable bonds is 7. The third kappa shape index (κ3) is 4.78. The normalized spacial score (nSPS) is 10.9. The lowest BCUT2D eigenvalue weighted by molar-refractivity contribution is 0.405. The van der Waals surface area contributed by atoms with Gasteiger partial charge in [-0.1, -0.05) is 0 Å². The van der Waals surface area contributed by atoms with Crippen LogP contribution >= 0.6 is 0 Å². The van der Waals surface area contributed by atoms with Crippen LogP contribution in [0.15, 0.2) is 18.3 Å². The molecule has 1 heterocycles. The van der Waals surface area contributed by atoms with Crippen LogP contribution in [0.3, 0.4) is 0 Å². The zero-order valence-electron chi connectivity index (χ0n) is 12.8. The first-order valence-electron chi connectivity index (χ1n) is 6.96. The van der Waals surface area contributed by atoms with E-state index in [1.807, 2.05) is 14.1 Å². The van der Waals surface area contributed by atoms with Crippen LogP contribution in [0.25, 0.3) is 0 Å². The molecular formula is C14H17F3N6. The van der Waals surface area contributed by atoms with Gasteiger partial charge in [0, 0.05) is 6.54 Å². The minimum Gasteiger partial charge on any atom is -0.369 e. The quantitative estimate of drug-likeness (QED) is 0.602. The van der Waals surface area contributed by atoms with Crippen molar-refractivity contribution in [2.75, 3.05) is 37.8 Å². The molecule has 2 N–H and O–H groups in total. The van der Waals surface area contributed by atoms with Crippen LogP contribution in [0.2, 0.25) is 0 Å². The molecule has 124 valence electrons. The molecule has 6 nitrogen and oxygen atoms in total. The number of hydrogen-bond acceptors (Lipinski definition) is 6. The van der Waals surface area contributed by atoms with E-state index in [4.69, 9.17) is 0 Å². The molecule has 0 saturated carbocycles. The van der Waals surface area contributed by atoms with Gasteiger partial charge in [-0.2, -0.15) is 10.1 Å². The summed E-state index contributed by atoms with van der Waals surface area (Å²) in [7, 11) is 3.95. The summed E-state index contributed by atoms with van der Waals surface area (Å²) in [6.07, 6.45) is 2.32. The molecule has 0 spiro atoms. The van der Waals surface area contributed by atoms with E-state index in [1.165, 1.54) is 6.20 Å². The van der Waals surface area contributed by atoms with Gasteiger partial charge in [0.1, 0.15) is 0 Å². The molecule has 1 aromatic heterocycles. The topological polar surface area (TPSA) is 66.0 Å². The summed E-state index contributed by atoms with van der Waals surface area (Å²) >= 11 is 0. The van der Waals surface area contributed by atoms with E-state index >= 15 is 0 Å². The Labute approximate surface area is 131 Å². The summed E-state index contributed by atoms with van der Waals surface area (Å²) < 4.78 is 39.7. The molecule has 0 bridgehead atoms. The number of anilines is 3. The minimum atomic E-state index is -1.55. The molecule has 1 aromatic carbocycles. The zero-order chi connectivity index (χ0) is 16.8. The number of halogens is 3. The van der Waals surface area contributed by atoms with Gasteiger partial charge < -0.3 is 15.5 Å². The third-order valence-corrected chi connectivity index (χ3v) is 2.93. The Morgan fingerprint density at radius 3 is 2.65 bits per heavy atom. The molecule has 0 saturated heterocycles. The highest BCUT2D eigenvalue weighted by molar-refractivity contribution is 5.55. The van der Waals surface area contributed by atoms with Crippen molar-refractivity contribution in [3.63, 3.8) is 0 Å². The summed E-state index contributed by atoms with van der Waals surface area (Å²) in [5.41, 5.74) is -0.268. The van der Waals surface area contributed by atoms with Gasteiger partial charge in [0.2, 0.25) is 5.95 Å². The fraction of sp³-hybridized carbons (Fsp3) is 0.357. The second kappa shape index (κ2) is 7.73. The van der Waals surface area contributed by atoms with Crippen molar-refractivity contribution >= 4 is 17.5 Å². The van der Waals surface area contributed by atoms with Crippen molar-refractivity contribution in [1.82, 2.24) is 20.1 Å². The van der Waals surface area contributed by atoms with Crippen LogP contribution in [-0.4, -0.2) is 47.3 Å². The van der Waals surface area contributed by atoms with Crippen molar-refractivity contribution in [1.29, 1.82) is 0 Å². The predicted octanol–water partition coefficient (Wildman–Crippen LogP) is 2.40. The zero-order valence-corrected chi connectivity index (χ0v) is 12.8. The van der Waals surface area contributed by atoms with E-state index in [-0.39, 0.29) is 11.6 Å². The van der Waals surface area contributed by atoms with Gasteiger partial charge in [-0.25, -0.2) is 13.2 Å². The lowest BCUT2D eigenvalue weighted by Crippen LogP contribution is -2.17. The second-order valence-corrected chi connectivity index (χ2v) is 5.10. The summed E-state index contributed by atoms with van der Waals surface area (Å²) in [5, 5.41) is 12.9. The minimum absolute atomic E-state index is 0.0208. The third-order valence-electron chi connectivity index (χ3n) is 2.93. The predicted molar refractivity (Wildman–Crippen MR) is 81.1 cm³/mol. The summed E-state index contributed by atoms with van der Waals surface area (Å²) in [5.74, 6) is -3.72. The molecule has 2 rings (SSSR count). The number of nitrogens with zero attached hydrogens (tertiary/aromatic N) is 4. The molecule has 0 aliphatic carbocycles. The molecule has 2 aromatic rings.